The van der Waals surface area contributed by atoms with Gasteiger partial charge in [-0.25, -0.2) is 4.68 Å². The van der Waals surface area contributed by atoms with Crippen LogP contribution in [0.2, 0.25) is 0 Å². The van der Waals surface area contributed by atoms with Gasteiger partial charge in [-0.2, -0.15) is 5.10 Å². The zero-order chi connectivity index (χ0) is 13.1. The fraction of sp³-hybridized carbons (Fsp3) is 0.583. The van der Waals surface area contributed by atoms with Crippen LogP contribution in [0.25, 0.3) is 0 Å². The van der Waals surface area contributed by atoms with Crippen LogP contribution in [0.5, 0.6) is 0 Å². The molecule has 0 fully saturated rings. The van der Waals surface area contributed by atoms with Gasteiger partial charge in [-0.1, -0.05) is 0 Å². The Balaban J connectivity index is 1.49. The molecule has 2 N–H and O–H groups in total. The van der Waals surface area contributed by atoms with Crippen molar-refractivity contribution in [3.8, 4) is 0 Å². The summed E-state index contributed by atoms with van der Waals surface area (Å²) in [5.41, 5.74) is 0. The molecule has 1 aliphatic rings. The predicted octanol–water partition coefficient (Wildman–Crippen LogP) is 0.326. The molecular weight excluding hydrogens is 242 g/mol. The number of nitrogens with zero attached hydrogens (tertiary/aromatic N) is 5. The third-order valence-electron chi connectivity index (χ3n) is 3.47. The van der Waals surface area contributed by atoms with Crippen LogP contribution in [0.3, 0.4) is 0 Å². The Morgan fingerprint density at radius 1 is 1.53 bits per heavy atom. The van der Waals surface area contributed by atoms with Crippen molar-refractivity contribution in [2.45, 2.75) is 26.6 Å². The summed E-state index contributed by atoms with van der Waals surface area (Å²) in [6.45, 7) is 6.66. The lowest BCUT2D eigenvalue weighted by atomic mass is 10.1. The lowest BCUT2D eigenvalue weighted by Gasteiger charge is -2.25. The van der Waals surface area contributed by atoms with E-state index in [4.69, 9.17) is 0 Å². The normalized spacial score (nSPS) is 18.1. The van der Waals surface area contributed by atoms with E-state index in [0.29, 0.717) is 5.92 Å². The van der Waals surface area contributed by atoms with E-state index in [1.807, 2.05) is 16.9 Å². The number of hydrogen-bond acceptors (Lipinski definition) is 5. The van der Waals surface area contributed by atoms with Crippen molar-refractivity contribution in [3.63, 3.8) is 0 Å². The maximum atomic E-state index is 4.29. The van der Waals surface area contributed by atoms with E-state index < -0.39 is 0 Å². The second-order valence-electron chi connectivity index (χ2n) is 4.81. The number of aromatic nitrogens is 5. The third kappa shape index (κ3) is 2.60. The van der Waals surface area contributed by atoms with Crippen LogP contribution < -0.4 is 10.6 Å². The quantitative estimate of drug-likeness (QED) is 0.811. The van der Waals surface area contributed by atoms with E-state index in [2.05, 4.69) is 37.4 Å². The first-order valence-electron chi connectivity index (χ1n) is 6.70. The first kappa shape index (κ1) is 12.2. The van der Waals surface area contributed by atoms with E-state index in [0.717, 1.165) is 44.4 Å². The molecule has 3 heterocycles. The number of hydrogen-bond donors (Lipinski definition) is 2. The van der Waals surface area contributed by atoms with Gasteiger partial charge in [-0.15, -0.1) is 10.2 Å². The summed E-state index contributed by atoms with van der Waals surface area (Å²) in [7, 11) is 0. The molecule has 2 aromatic heterocycles. The molecule has 7 nitrogen and oxygen atoms in total. The lowest BCUT2D eigenvalue weighted by molar-refractivity contribution is 0.388. The molecule has 7 heteroatoms. The summed E-state index contributed by atoms with van der Waals surface area (Å²) in [4.78, 5) is 0. The van der Waals surface area contributed by atoms with Gasteiger partial charge in [0.2, 0.25) is 0 Å². The molecule has 1 unspecified atom stereocenters. The Labute approximate surface area is 112 Å². The topological polar surface area (TPSA) is 72.6 Å². The third-order valence-corrected chi connectivity index (χ3v) is 3.47. The monoisotopic (exact) mass is 261 g/mol. The highest BCUT2D eigenvalue weighted by Crippen LogP contribution is 2.15. The second kappa shape index (κ2) is 5.40. The van der Waals surface area contributed by atoms with E-state index in [1.54, 1.807) is 6.33 Å². The van der Waals surface area contributed by atoms with Crippen LogP contribution in [0.4, 0.5) is 5.82 Å². The molecule has 0 aromatic carbocycles. The van der Waals surface area contributed by atoms with Crippen molar-refractivity contribution in [1.82, 2.24) is 29.9 Å². The molecule has 0 bridgehead atoms. The van der Waals surface area contributed by atoms with E-state index in [-0.39, 0.29) is 0 Å². The zero-order valence-corrected chi connectivity index (χ0v) is 11.1. The predicted molar refractivity (Wildman–Crippen MR) is 71.6 cm³/mol. The molecule has 0 aliphatic carbocycles. The van der Waals surface area contributed by atoms with Crippen LogP contribution in [-0.4, -0.2) is 37.6 Å². The average Bonchev–Trinajstić information content (AvgIpc) is 3.06. The van der Waals surface area contributed by atoms with Gasteiger partial charge in [0, 0.05) is 38.2 Å². The van der Waals surface area contributed by atoms with Gasteiger partial charge in [0.25, 0.3) is 0 Å². The van der Waals surface area contributed by atoms with Gasteiger partial charge in [0.15, 0.2) is 0 Å². The summed E-state index contributed by atoms with van der Waals surface area (Å²) in [6, 6.07) is 2.01. The van der Waals surface area contributed by atoms with Gasteiger partial charge in [-0.3, -0.25) is 0 Å². The van der Waals surface area contributed by atoms with Crippen molar-refractivity contribution in [1.29, 1.82) is 0 Å². The highest BCUT2D eigenvalue weighted by molar-refractivity contribution is 5.35. The molecule has 19 heavy (non-hydrogen) atoms. The molecule has 3 rings (SSSR count). The molecule has 0 saturated heterocycles. The molecule has 1 atom stereocenters. The van der Waals surface area contributed by atoms with Crippen LogP contribution in [0.1, 0.15) is 12.7 Å². The Morgan fingerprint density at radius 3 is 3.37 bits per heavy atom. The Bertz CT molecular complexity index is 530. The van der Waals surface area contributed by atoms with Crippen molar-refractivity contribution < 1.29 is 0 Å². The second-order valence-corrected chi connectivity index (χ2v) is 4.81. The maximum Gasteiger partial charge on any atom is 0.146 e. The number of nitrogens with one attached hydrogen (secondary N) is 2. The Hall–Kier alpha value is -1.89. The zero-order valence-electron chi connectivity index (χ0n) is 11.1. The van der Waals surface area contributed by atoms with Crippen LogP contribution >= 0.6 is 0 Å². The lowest BCUT2D eigenvalue weighted by Crippen LogP contribution is -2.35. The fourth-order valence-corrected chi connectivity index (χ4v) is 2.39. The summed E-state index contributed by atoms with van der Waals surface area (Å²) in [5, 5.41) is 19.2. The minimum atomic E-state index is 0.547. The van der Waals surface area contributed by atoms with Crippen LogP contribution in [0, 0.1) is 5.92 Å². The first-order chi connectivity index (χ1) is 9.36. The molecule has 102 valence electrons. The maximum absolute atomic E-state index is 4.29. The van der Waals surface area contributed by atoms with E-state index in [1.165, 1.54) is 0 Å². The Morgan fingerprint density at radius 2 is 2.47 bits per heavy atom. The van der Waals surface area contributed by atoms with Gasteiger partial charge in [0.1, 0.15) is 18.0 Å². The standard InChI is InChI=1S/C12H19N7/c1-2-18-9-15-17-12(18)7-13-5-10-6-14-11-3-4-16-19(11)8-10/h3-4,9-10,13-14H,2,5-8H2,1H3. The molecule has 0 amide bonds. The van der Waals surface area contributed by atoms with Crippen molar-refractivity contribution in [2.75, 3.05) is 18.4 Å². The Kier molecular flexibility index (Phi) is 3.45. The molecule has 2 aromatic rings. The summed E-state index contributed by atoms with van der Waals surface area (Å²) in [6.07, 6.45) is 3.61. The van der Waals surface area contributed by atoms with E-state index >= 15 is 0 Å². The average molecular weight is 261 g/mol. The highest BCUT2D eigenvalue weighted by Gasteiger charge is 2.17. The van der Waals surface area contributed by atoms with Crippen molar-refractivity contribution in [3.05, 3.63) is 24.4 Å². The smallest absolute Gasteiger partial charge is 0.146 e. The number of aryl methyl sites for hydroxylation is 1. The minimum Gasteiger partial charge on any atom is -0.370 e. The molecular formula is C12H19N7. The van der Waals surface area contributed by atoms with Gasteiger partial charge >= 0.3 is 0 Å². The number of anilines is 1. The molecule has 0 saturated carbocycles. The van der Waals surface area contributed by atoms with E-state index in [9.17, 15) is 0 Å². The van der Waals surface area contributed by atoms with Gasteiger partial charge in [-0.05, 0) is 6.92 Å². The minimum absolute atomic E-state index is 0.547. The van der Waals surface area contributed by atoms with Gasteiger partial charge < -0.3 is 15.2 Å². The van der Waals surface area contributed by atoms with Crippen LogP contribution in [-0.2, 0) is 19.6 Å². The summed E-state index contributed by atoms with van der Waals surface area (Å²) in [5.74, 6) is 2.65. The fourth-order valence-electron chi connectivity index (χ4n) is 2.39. The van der Waals surface area contributed by atoms with Gasteiger partial charge in [0.05, 0.1) is 12.7 Å². The summed E-state index contributed by atoms with van der Waals surface area (Å²) >= 11 is 0. The molecule has 0 spiro atoms. The number of rotatable bonds is 5. The summed E-state index contributed by atoms with van der Waals surface area (Å²) < 4.78 is 4.07. The SMILES string of the molecule is CCn1cnnc1CNCC1CNc2ccnn2C1. The van der Waals surface area contributed by atoms with Crippen LogP contribution in [0.15, 0.2) is 18.6 Å². The largest absolute Gasteiger partial charge is 0.370 e. The molecule has 0 radical (unpaired) electrons. The van der Waals surface area contributed by atoms with Crippen molar-refractivity contribution >= 4 is 5.82 Å². The highest BCUT2D eigenvalue weighted by atomic mass is 15.3. The number of fused-ring (bicyclic) bond motifs is 1. The van der Waals surface area contributed by atoms with Crippen molar-refractivity contribution in [2.24, 2.45) is 5.92 Å². The molecule has 1 aliphatic heterocycles. The first-order valence-corrected chi connectivity index (χ1v) is 6.70.